The monoisotopic (exact) mass is 264 g/mol. The van der Waals surface area contributed by atoms with E-state index in [0.29, 0.717) is 5.41 Å². The van der Waals surface area contributed by atoms with Crippen molar-refractivity contribution in [3.63, 3.8) is 0 Å². The standard InChI is InChI=1S/C17H32N2/c1-19(11-16-10-14-5-6-15(16)9-14)13-17(12-18)7-3-2-4-8-17/h14-16H,2-13,18H2,1H3. The molecule has 0 saturated heterocycles. The van der Waals surface area contributed by atoms with E-state index in [9.17, 15) is 0 Å². The Morgan fingerprint density at radius 1 is 1.11 bits per heavy atom. The molecule has 0 aliphatic heterocycles. The van der Waals surface area contributed by atoms with E-state index >= 15 is 0 Å². The summed E-state index contributed by atoms with van der Waals surface area (Å²) in [4.78, 5) is 2.63. The minimum Gasteiger partial charge on any atom is -0.330 e. The van der Waals surface area contributed by atoms with Crippen molar-refractivity contribution in [2.45, 2.75) is 57.8 Å². The summed E-state index contributed by atoms with van der Waals surface area (Å²) < 4.78 is 0. The van der Waals surface area contributed by atoms with E-state index in [-0.39, 0.29) is 0 Å². The van der Waals surface area contributed by atoms with Gasteiger partial charge in [0, 0.05) is 13.1 Å². The maximum atomic E-state index is 6.13. The zero-order valence-electron chi connectivity index (χ0n) is 12.7. The SMILES string of the molecule is CN(CC1CC2CCC1C2)CC1(CN)CCCCC1. The third-order valence-corrected chi connectivity index (χ3v) is 6.38. The molecule has 0 aromatic rings. The Labute approximate surface area is 119 Å². The van der Waals surface area contributed by atoms with Crippen LogP contribution in [0.3, 0.4) is 0 Å². The quantitative estimate of drug-likeness (QED) is 0.826. The summed E-state index contributed by atoms with van der Waals surface area (Å²) in [5.41, 5.74) is 6.58. The highest BCUT2D eigenvalue weighted by Crippen LogP contribution is 2.48. The molecule has 3 unspecified atom stereocenters. The van der Waals surface area contributed by atoms with Crippen molar-refractivity contribution in [1.82, 2.24) is 4.90 Å². The van der Waals surface area contributed by atoms with Crippen molar-refractivity contribution in [2.75, 3.05) is 26.7 Å². The van der Waals surface area contributed by atoms with Gasteiger partial charge >= 0.3 is 0 Å². The summed E-state index contributed by atoms with van der Waals surface area (Å²) in [5.74, 6) is 3.15. The second-order valence-corrected chi connectivity index (χ2v) is 7.90. The van der Waals surface area contributed by atoms with Gasteiger partial charge in [0.2, 0.25) is 0 Å². The Balaban J connectivity index is 1.51. The zero-order chi connectivity index (χ0) is 13.3. The van der Waals surface area contributed by atoms with Crippen LogP contribution in [0.2, 0.25) is 0 Å². The summed E-state index contributed by atoms with van der Waals surface area (Å²) in [6.07, 6.45) is 13.1. The molecule has 3 atom stereocenters. The van der Waals surface area contributed by atoms with Gasteiger partial charge in [-0.05, 0) is 68.9 Å². The molecule has 2 bridgehead atoms. The van der Waals surface area contributed by atoms with E-state index in [1.54, 1.807) is 6.42 Å². The first-order valence-corrected chi connectivity index (χ1v) is 8.59. The van der Waals surface area contributed by atoms with Crippen molar-refractivity contribution in [3.8, 4) is 0 Å². The summed E-state index contributed by atoms with van der Waals surface area (Å²) in [6, 6.07) is 0. The highest BCUT2D eigenvalue weighted by atomic mass is 15.1. The number of fused-ring (bicyclic) bond motifs is 2. The summed E-state index contributed by atoms with van der Waals surface area (Å²) in [5, 5.41) is 0. The lowest BCUT2D eigenvalue weighted by Gasteiger charge is -2.40. The van der Waals surface area contributed by atoms with Crippen LogP contribution in [0.25, 0.3) is 0 Å². The molecule has 3 aliphatic rings. The second kappa shape index (κ2) is 5.73. The van der Waals surface area contributed by atoms with Crippen LogP contribution in [0, 0.1) is 23.2 Å². The van der Waals surface area contributed by atoms with Gasteiger partial charge in [-0.1, -0.05) is 25.7 Å². The highest BCUT2D eigenvalue weighted by molar-refractivity contribution is 4.92. The molecule has 0 spiro atoms. The Morgan fingerprint density at radius 2 is 1.89 bits per heavy atom. The van der Waals surface area contributed by atoms with Crippen molar-refractivity contribution in [1.29, 1.82) is 0 Å². The third kappa shape index (κ3) is 3.00. The average Bonchev–Trinajstić information content (AvgIpc) is 3.02. The fourth-order valence-corrected chi connectivity index (χ4v) is 5.37. The topological polar surface area (TPSA) is 29.3 Å². The van der Waals surface area contributed by atoms with Crippen molar-refractivity contribution in [3.05, 3.63) is 0 Å². The van der Waals surface area contributed by atoms with Crippen LogP contribution < -0.4 is 5.73 Å². The molecule has 0 aromatic carbocycles. The third-order valence-electron chi connectivity index (χ3n) is 6.38. The molecular weight excluding hydrogens is 232 g/mol. The normalized spacial score (nSPS) is 37.1. The van der Waals surface area contributed by atoms with Crippen molar-refractivity contribution in [2.24, 2.45) is 28.9 Å². The van der Waals surface area contributed by atoms with E-state index in [1.807, 2.05) is 0 Å². The molecule has 0 radical (unpaired) electrons. The minimum atomic E-state index is 0.449. The molecule has 3 fully saturated rings. The Bertz CT molecular complexity index is 296. The Kier molecular flexibility index (Phi) is 4.19. The van der Waals surface area contributed by atoms with Crippen LogP contribution in [0.1, 0.15) is 57.8 Å². The van der Waals surface area contributed by atoms with Crippen molar-refractivity contribution >= 4 is 0 Å². The van der Waals surface area contributed by atoms with Crippen LogP contribution in [-0.2, 0) is 0 Å². The maximum Gasteiger partial charge on any atom is 0.00471 e. The number of nitrogens with zero attached hydrogens (tertiary/aromatic N) is 1. The molecule has 3 aliphatic carbocycles. The molecule has 19 heavy (non-hydrogen) atoms. The summed E-state index contributed by atoms with van der Waals surface area (Å²) in [6.45, 7) is 3.48. The number of hydrogen-bond acceptors (Lipinski definition) is 2. The van der Waals surface area contributed by atoms with Gasteiger partial charge < -0.3 is 10.6 Å². The molecular formula is C17H32N2. The average molecular weight is 264 g/mol. The Hall–Kier alpha value is -0.0800. The van der Waals surface area contributed by atoms with Gasteiger partial charge in [-0.25, -0.2) is 0 Å². The Morgan fingerprint density at radius 3 is 2.47 bits per heavy atom. The molecule has 0 heterocycles. The molecule has 3 saturated carbocycles. The number of rotatable bonds is 5. The lowest BCUT2D eigenvalue weighted by Crippen LogP contribution is -2.44. The van der Waals surface area contributed by atoms with Crippen LogP contribution >= 0.6 is 0 Å². The summed E-state index contributed by atoms with van der Waals surface area (Å²) >= 11 is 0. The first kappa shape index (κ1) is 13.9. The molecule has 2 nitrogen and oxygen atoms in total. The van der Waals surface area contributed by atoms with Crippen LogP contribution in [0.4, 0.5) is 0 Å². The van der Waals surface area contributed by atoms with Gasteiger partial charge in [0.05, 0.1) is 0 Å². The van der Waals surface area contributed by atoms with E-state index in [1.165, 1.54) is 64.5 Å². The predicted octanol–water partition coefficient (Wildman–Crippen LogP) is 3.26. The maximum absolute atomic E-state index is 6.13. The van der Waals surface area contributed by atoms with Crippen LogP contribution in [0.5, 0.6) is 0 Å². The van der Waals surface area contributed by atoms with Crippen LogP contribution in [-0.4, -0.2) is 31.6 Å². The highest BCUT2D eigenvalue weighted by Gasteiger charge is 2.40. The van der Waals surface area contributed by atoms with Gasteiger partial charge in [0.25, 0.3) is 0 Å². The van der Waals surface area contributed by atoms with E-state index < -0.39 is 0 Å². The van der Waals surface area contributed by atoms with Gasteiger partial charge in [-0.2, -0.15) is 0 Å². The molecule has 0 aromatic heterocycles. The molecule has 110 valence electrons. The van der Waals surface area contributed by atoms with Gasteiger partial charge in [-0.3, -0.25) is 0 Å². The van der Waals surface area contributed by atoms with Crippen LogP contribution in [0.15, 0.2) is 0 Å². The largest absolute Gasteiger partial charge is 0.330 e. The first-order valence-electron chi connectivity index (χ1n) is 8.59. The molecule has 2 N–H and O–H groups in total. The molecule has 0 amide bonds. The number of nitrogens with two attached hydrogens (primary N) is 1. The molecule has 3 rings (SSSR count). The fraction of sp³-hybridized carbons (Fsp3) is 1.00. The zero-order valence-corrected chi connectivity index (χ0v) is 12.7. The lowest BCUT2D eigenvalue weighted by molar-refractivity contribution is 0.108. The molecule has 2 heteroatoms. The van der Waals surface area contributed by atoms with Gasteiger partial charge in [-0.15, -0.1) is 0 Å². The van der Waals surface area contributed by atoms with Gasteiger partial charge in [0.1, 0.15) is 0 Å². The smallest absolute Gasteiger partial charge is 0.00471 e. The summed E-state index contributed by atoms with van der Waals surface area (Å²) in [7, 11) is 2.35. The number of hydrogen-bond donors (Lipinski definition) is 1. The van der Waals surface area contributed by atoms with Gasteiger partial charge in [0.15, 0.2) is 0 Å². The minimum absolute atomic E-state index is 0.449. The lowest BCUT2D eigenvalue weighted by atomic mass is 9.73. The second-order valence-electron chi connectivity index (χ2n) is 7.90. The predicted molar refractivity (Wildman–Crippen MR) is 81.0 cm³/mol. The van der Waals surface area contributed by atoms with E-state index in [0.717, 1.165) is 24.3 Å². The fourth-order valence-electron chi connectivity index (χ4n) is 5.37. The van der Waals surface area contributed by atoms with E-state index in [4.69, 9.17) is 5.73 Å². The first-order chi connectivity index (χ1) is 9.21. The van der Waals surface area contributed by atoms with E-state index in [2.05, 4.69) is 11.9 Å². The van der Waals surface area contributed by atoms with Crippen molar-refractivity contribution < 1.29 is 0 Å².